The molecule has 0 atom stereocenters. The van der Waals surface area contributed by atoms with E-state index in [4.69, 9.17) is 0 Å². The van der Waals surface area contributed by atoms with Gasteiger partial charge in [0.25, 0.3) is 5.91 Å². The van der Waals surface area contributed by atoms with Gasteiger partial charge in [-0.2, -0.15) is 0 Å². The molecule has 1 aromatic heterocycles. The molecule has 2 aromatic carbocycles. The fraction of sp³-hybridized carbons (Fsp3) is 0.190. The van der Waals surface area contributed by atoms with E-state index in [0.29, 0.717) is 25.3 Å². The van der Waals surface area contributed by atoms with Crippen molar-refractivity contribution in [3.63, 3.8) is 0 Å². The fourth-order valence-electron chi connectivity index (χ4n) is 3.17. The molecule has 0 saturated carbocycles. The van der Waals surface area contributed by atoms with E-state index in [2.05, 4.69) is 28.5 Å². The van der Waals surface area contributed by atoms with Gasteiger partial charge in [0, 0.05) is 13.1 Å². The normalized spacial score (nSPS) is 14.2. The Morgan fingerprint density at radius 1 is 1.00 bits per heavy atom. The van der Waals surface area contributed by atoms with Crippen LogP contribution in [0, 0.1) is 0 Å². The number of aromatic nitrogens is 3. The summed E-state index contributed by atoms with van der Waals surface area (Å²) in [6, 6.07) is 20.3. The number of amides is 1. The van der Waals surface area contributed by atoms with E-state index in [-0.39, 0.29) is 5.91 Å². The van der Waals surface area contributed by atoms with Gasteiger partial charge in [0.2, 0.25) is 0 Å². The summed E-state index contributed by atoms with van der Waals surface area (Å²) >= 11 is 0. The van der Waals surface area contributed by atoms with Gasteiger partial charge < -0.3 is 4.90 Å². The molecule has 5 heteroatoms. The second-order valence-corrected chi connectivity index (χ2v) is 6.38. The summed E-state index contributed by atoms with van der Waals surface area (Å²) in [5, 5.41) is 8.16. The molecule has 0 aliphatic carbocycles. The summed E-state index contributed by atoms with van der Waals surface area (Å²) in [6.45, 7) is 1.92. The van der Waals surface area contributed by atoms with Crippen LogP contribution < -0.4 is 0 Å². The second kappa shape index (κ2) is 7.35. The minimum absolute atomic E-state index is 0.0623. The quantitative estimate of drug-likeness (QED) is 0.730. The van der Waals surface area contributed by atoms with Crippen molar-refractivity contribution < 1.29 is 4.79 Å². The van der Waals surface area contributed by atoms with Gasteiger partial charge in [0.1, 0.15) is 0 Å². The van der Waals surface area contributed by atoms with Gasteiger partial charge in [0.05, 0.1) is 12.7 Å². The number of rotatable bonds is 4. The molecule has 4 rings (SSSR count). The number of benzene rings is 2. The first-order valence-electron chi connectivity index (χ1n) is 8.77. The van der Waals surface area contributed by atoms with Crippen LogP contribution in [-0.2, 0) is 6.54 Å². The Kier molecular flexibility index (Phi) is 4.60. The highest BCUT2D eigenvalue weighted by molar-refractivity contribution is 5.92. The smallest absolute Gasteiger partial charge is 0.276 e. The minimum atomic E-state index is -0.0623. The van der Waals surface area contributed by atoms with Gasteiger partial charge in [-0.1, -0.05) is 72.0 Å². The standard InChI is InChI=1S/C21H20N4O/c26-21(20-16-25(23-22-20)15-17-7-3-1-4-8-17)24-13-11-19(12-14-24)18-9-5-2-6-10-18/h1-11,16H,12-15H2. The van der Waals surface area contributed by atoms with E-state index in [0.717, 1.165) is 12.0 Å². The Morgan fingerprint density at radius 2 is 1.73 bits per heavy atom. The van der Waals surface area contributed by atoms with E-state index in [9.17, 15) is 4.79 Å². The molecule has 5 nitrogen and oxygen atoms in total. The van der Waals surface area contributed by atoms with Crippen molar-refractivity contribution in [1.29, 1.82) is 0 Å². The van der Waals surface area contributed by atoms with Gasteiger partial charge >= 0.3 is 0 Å². The monoisotopic (exact) mass is 344 g/mol. The zero-order valence-corrected chi connectivity index (χ0v) is 14.5. The largest absolute Gasteiger partial charge is 0.333 e. The maximum Gasteiger partial charge on any atom is 0.276 e. The molecule has 26 heavy (non-hydrogen) atoms. The van der Waals surface area contributed by atoms with E-state index in [1.165, 1.54) is 11.1 Å². The topological polar surface area (TPSA) is 51.0 Å². The molecular weight excluding hydrogens is 324 g/mol. The van der Waals surface area contributed by atoms with Crippen molar-refractivity contribution >= 4 is 11.5 Å². The third kappa shape index (κ3) is 3.57. The van der Waals surface area contributed by atoms with Gasteiger partial charge in [-0.15, -0.1) is 5.10 Å². The number of carbonyl (C=O) groups excluding carboxylic acids is 1. The van der Waals surface area contributed by atoms with E-state index < -0.39 is 0 Å². The van der Waals surface area contributed by atoms with Gasteiger partial charge in [-0.05, 0) is 23.1 Å². The highest BCUT2D eigenvalue weighted by atomic mass is 16.2. The van der Waals surface area contributed by atoms with E-state index in [1.807, 2.05) is 53.4 Å². The Morgan fingerprint density at radius 3 is 2.42 bits per heavy atom. The van der Waals surface area contributed by atoms with Gasteiger partial charge in [-0.25, -0.2) is 4.68 Å². The lowest BCUT2D eigenvalue weighted by Gasteiger charge is -2.25. The van der Waals surface area contributed by atoms with Crippen LogP contribution in [0.15, 0.2) is 72.9 Å². The molecule has 3 aromatic rings. The van der Waals surface area contributed by atoms with E-state index >= 15 is 0 Å². The summed E-state index contributed by atoms with van der Waals surface area (Å²) < 4.78 is 1.71. The third-order valence-corrected chi connectivity index (χ3v) is 4.59. The van der Waals surface area contributed by atoms with Crippen LogP contribution in [0.25, 0.3) is 5.57 Å². The third-order valence-electron chi connectivity index (χ3n) is 4.59. The lowest BCUT2D eigenvalue weighted by Crippen LogP contribution is -2.34. The average molecular weight is 344 g/mol. The Labute approximate surface area is 152 Å². The molecule has 0 spiro atoms. The Balaban J connectivity index is 1.42. The van der Waals surface area contributed by atoms with Crippen LogP contribution in [0.2, 0.25) is 0 Å². The van der Waals surface area contributed by atoms with Crippen molar-refractivity contribution in [3.05, 3.63) is 89.8 Å². The fourth-order valence-corrected chi connectivity index (χ4v) is 3.17. The first kappa shape index (κ1) is 16.3. The van der Waals surface area contributed by atoms with Crippen LogP contribution in [0.1, 0.15) is 28.0 Å². The van der Waals surface area contributed by atoms with Crippen molar-refractivity contribution in [1.82, 2.24) is 19.9 Å². The van der Waals surface area contributed by atoms with Crippen LogP contribution in [0.5, 0.6) is 0 Å². The number of hydrogen-bond acceptors (Lipinski definition) is 3. The molecule has 1 aliphatic heterocycles. The number of nitrogens with zero attached hydrogens (tertiary/aromatic N) is 4. The molecule has 0 radical (unpaired) electrons. The molecule has 0 bridgehead atoms. The molecule has 1 amide bonds. The SMILES string of the molecule is O=C(c1cn(Cc2ccccc2)nn1)N1CC=C(c2ccccc2)CC1. The molecule has 0 N–H and O–H groups in total. The summed E-state index contributed by atoms with van der Waals surface area (Å²) in [7, 11) is 0. The summed E-state index contributed by atoms with van der Waals surface area (Å²) in [4.78, 5) is 14.5. The molecule has 0 fully saturated rings. The molecule has 2 heterocycles. The zero-order chi connectivity index (χ0) is 17.8. The molecule has 1 aliphatic rings. The molecule has 130 valence electrons. The highest BCUT2D eigenvalue weighted by Crippen LogP contribution is 2.22. The first-order chi connectivity index (χ1) is 12.8. The van der Waals surface area contributed by atoms with Crippen molar-refractivity contribution in [2.75, 3.05) is 13.1 Å². The summed E-state index contributed by atoms with van der Waals surface area (Å²) in [5.41, 5.74) is 4.05. The van der Waals surface area contributed by atoms with Crippen LogP contribution in [0.4, 0.5) is 0 Å². The van der Waals surface area contributed by atoms with Crippen LogP contribution in [-0.4, -0.2) is 38.9 Å². The van der Waals surface area contributed by atoms with Gasteiger partial charge in [-0.3, -0.25) is 4.79 Å². The first-order valence-corrected chi connectivity index (χ1v) is 8.77. The van der Waals surface area contributed by atoms with E-state index in [1.54, 1.807) is 10.9 Å². The second-order valence-electron chi connectivity index (χ2n) is 6.38. The maximum absolute atomic E-state index is 12.7. The highest BCUT2D eigenvalue weighted by Gasteiger charge is 2.21. The predicted molar refractivity (Wildman–Crippen MR) is 101 cm³/mol. The predicted octanol–water partition coefficient (Wildman–Crippen LogP) is 3.26. The van der Waals surface area contributed by atoms with Crippen molar-refractivity contribution in [2.45, 2.75) is 13.0 Å². The number of hydrogen-bond donors (Lipinski definition) is 0. The Bertz CT molecular complexity index is 915. The Hall–Kier alpha value is -3.21. The van der Waals surface area contributed by atoms with Crippen LogP contribution >= 0.6 is 0 Å². The van der Waals surface area contributed by atoms with Crippen LogP contribution in [0.3, 0.4) is 0 Å². The number of carbonyl (C=O) groups is 1. The molecule has 0 saturated heterocycles. The molecular formula is C21H20N4O. The average Bonchev–Trinajstić information content (AvgIpc) is 3.17. The minimum Gasteiger partial charge on any atom is -0.333 e. The maximum atomic E-state index is 12.7. The zero-order valence-electron chi connectivity index (χ0n) is 14.5. The van der Waals surface area contributed by atoms with Crippen molar-refractivity contribution in [3.8, 4) is 0 Å². The van der Waals surface area contributed by atoms with Gasteiger partial charge in [0.15, 0.2) is 5.69 Å². The lowest BCUT2D eigenvalue weighted by molar-refractivity contribution is 0.0767. The van der Waals surface area contributed by atoms with Crippen molar-refractivity contribution in [2.24, 2.45) is 0 Å². The summed E-state index contributed by atoms with van der Waals surface area (Å²) in [6.07, 6.45) is 4.71. The lowest BCUT2D eigenvalue weighted by atomic mass is 9.99. The summed E-state index contributed by atoms with van der Waals surface area (Å²) in [5.74, 6) is -0.0623. The molecule has 0 unspecified atom stereocenters.